The van der Waals surface area contributed by atoms with Crippen LogP contribution in [0.1, 0.15) is 0 Å². The normalized spacial score (nSPS) is 10.6. The van der Waals surface area contributed by atoms with E-state index in [2.05, 4.69) is 16.0 Å². The number of amides is 4. The SMILES string of the molecule is CNC(=O)COCC(COCC([NH-])=O)(COCC(=O)NC)COCC(=O)NC.[W]. The molecule has 0 aliphatic carbocycles. The first kappa shape index (κ1) is 29.6. The molecule has 0 heterocycles. The van der Waals surface area contributed by atoms with Crippen LogP contribution in [0.15, 0.2) is 0 Å². The van der Waals surface area contributed by atoms with Crippen molar-refractivity contribution >= 4 is 23.6 Å². The molecule has 0 aromatic rings. The van der Waals surface area contributed by atoms with E-state index in [1.54, 1.807) is 0 Å². The Bertz CT molecular complexity index is 466. The molecule has 13 heteroatoms. The van der Waals surface area contributed by atoms with Gasteiger partial charge in [-0.1, -0.05) is 0 Å². The first-order valence-corrected chi connectivity index (χ1v) is 8.45. The number of carbonyl (C=O) groups is 4. The Balaban J connectivity index is 0. The molecule has 4 amide bonds. The number of hydrogen-bond acceptors (Lipinski definition) is 8. The zero-order chi connectivity index (χ0) is 21.4. The molecule has 0 unspecified atom stereocenters. The van der Waals surface area contributed by atoms with Crippen LogP contribution in [0.3, 0.4) is 0 Å². The third-order valence-corrected chi connectivity index (χ3v) is 3.40. The monoisotopic (exact) mass is 589 g/mol. The van der Waals surface area contributed by atoms with E-state index in [1.807, 2.05) is 0 Å². The maximum atomic E-state index is 11.4. The zero-order valence-corrected chi connectivity index (χ0v) is 19.8. The second-order valence-corrected chi connectivity index (χ2v) is 5.91. The molecule has 4 N–H and O–H groups in total. The van der Waals surface area contributed by atoms with Crippen LogP contribution in [-0.4, -0.2) is 97.6 Å². The van der Waals surface area contributed by atoms with Crippen molar-refractivity contribution in [2.45, 2.75) is 0 Å². The van der Waals surface area contributed by atoms with Crippen LogP contribution < -0.4 is 16.0 Å². The number of ether oxygens (including phenoxy) is 4. The second-order valence-electron chi connectivity index (χ2n) is 5.91. The first-order chi connectivity index (χ1) is 13.3. The molecular formula is C16H29N4O8W-. The van der Waals surface area contributed by atoms with Crippen molar-refractivity contribution < 1.29 is 59.2 Å². The van der Waals surface area contributed by atoms with Crippen LogP contribution >= 0.6 is 0 Å². The smallest absolute Gasteiger partial charge is 0.245 e. The third-order valence-electron chi connectivity index (χ3n) is 3.40. The average Bonchev–Trinajstić information content (AvgIpc) is 2.66. The predicted molar refractivity (Wildman–Crippen MR) is 97.2 cm³/mol. The molecule has 0 radical (unpaired) electrons. The molecule has 29 heavy (non-hydrogen) atoms. The largest absolute Gasteiger partial charge is 0.666 e. The molecular weight excluding hydrogens is 560 g/mol. The van der Waals surface area contributed by atoms with Gasteiger partial charge in [-0.05, 0) is 0 Å². The van der Waals surface area contributed by atoms with Gasteiger partial charge in [0.15, 0.2) is 0 Å². The van der Waals surface area contributed by atoms with Crippen molar-refractivity contribution in [1.29, 1.82) is 0 Å². The van der Waals surface area contributed by atoms with Gasteiger partial charge in [0.25, 0.3) is 0 Å². The van der Waals surface area contributed by atoms with Crippen molar-refractivity contribution in [2.75, 3.05) is 74.0 Å². The summed E-state index contributed by atoms with van der Waals surface area (Å²) in [6.07, 6.45) is 0. The van der Waals surface area contributed by atoms with E-state index in [4.69, 9.17) is 24.7 Å². The van der Waals surface area contributed by atoms with E-state index >= 15 is 0 Å². The summed E-state index contributed by atoms with van der Waals surface area (Å²) in [4.78, 5) is 45.0. The molecule has 0 saturated heterocycles. The van der Waals surface area contributed by atoms with Crippen LogP contribution in [0.5, 0.6) is 0 Å². The summed E-state index contributed by atoms with van der Waals surface area (Å²) in [5, 5.41) is 7.22. The maximum absolute atomic E-state index is 11.4. The average molecular weight is 589 g/mol. The fourth-order valence-corrected chi connectivity index (χ4v) is 1.91. The zero-order valence-electron chi connectivity index (χ0n) is 16.8. The molecule has 0 spiro atoms. The van der Waals surface area contributed by atoms with Crippen molar-refractivity contribution in [3.63, 3.8) is 0 Å². The third kappa shape index (κ3) is 15.0. The van der Waals surface area contributed by atoms with E-state index in [0.717, 1.165) is 0 Å². The number of hydrogen-bond donors (Lipinski definition) is 3. The molecule has 0 aromatic heterocycles. The Morgan fingerprint density at radius 3 is 1.17 bits per heavy atom. The molecule has 0 atom stereocenters. The number of likely N-dealkylation sites (N-methyl/N-ethyl adjacent to an activating group) is 3. The fraction of sp³-hybridized carbons (Fsp3) is 0.750. The quantitative estimate of drug-likeness (QED) is 0.184. The van der Waals surface area contributed by atoms with Gasteiger partial charge in [-0.2, -0.15) is 0 Å². The predicted octanol–water partition coefficient (Wildman–Crippen LogP) is -2.15. The topological polar surface area (TPSA) is 165 Å². The van der Waals surface area contributed by atoms with Crippen LogP contribution in [-0.2, 0) is 59.2 Å². The summed E-state index contributed by atoms with van der Waals surface area (Å²) >= 11 is 0. The molecule has 168 valence electrons. The molecule has 0 aliphatic heterocycles. The Morgan fingerprint density at radius 2 is 0.931 bits per heavy atom. The van der Waals surface area contributed by atoms with Crippen molar-refractivity contribution in [1.82, 2.24) is 16.0 Å². The Labute approximate surface area is 184 Å². The van der Waals surface area contributed by atoms with Crippen LogP contribution in [0.2, 0.25) is 0 Å². The minimum absolute atomic E-state index is 0. The van der Waals surface area contributed by atoms with Gasteiger partial charge in [-0.3, -0.25) is 14.4 Å². The summed E-state index contributed by atoms with van der Waals surface area (Å²) in [5.74, 6) is -1.98. The molecule has 12 nitrogen and oxygen atoms in total. The Morgan fingerprint density at radius 1 is 0.655 bits per heavy atom. The molecule has 0 aliphatic rings. The van der Waals surface area contributed by atoms with E-state index < -0.39 is 17.9 Å². The molecule has 0 saturated carbocycles. The Kier molecular flexibility index (Phi) is 17.6. The summed E-state index contributed by atoms with van der Waals surface area (Å²) in [5.41, 5.74) is 5.90. The maximum Gasteiger partial charge on any atom is 0.245 e. The molecule has 0 rings (SSSR count). The van der Waals surface area contributed by atoms with Crippen molar-refractivity contribution in [3.05, 3.63) is 5.73 Å². The number of nitrogens with one attached hydrogen (secondary N) is 4. The van der Waals surface area contributed by atoms with E-state index in [1.165, 1.54) is 21.1 Å². The number of carbonyl (C=O) groups excluding carboxylic acids is 4. The fourth-order valence-electron chi connectivity index (χ4n) is 1.91. The Hall–Kier alpha value is -1.59. The summed E-state index contributed by atoms with van der Waals surface area (Å²) in [7, 11) is 4.38. The minimum atomic E-state index is -1.02. The molecule has 0 bridgehead atoms. The van der Waals surface area contributed by atoms with Crippen LogP contribution in [0.4, 0.5) is 0 Å². The summed E-state index contributed by atoms with van der Waals surface area (Å²) in [6.45, 7) is -1.51. The van der Waals surface area contributed by atoms with Crippen molar-refractivity contribution in [3.8, 4) is 0 Å². The van der Waals surface area contributed by atoms with E-state index in [0.29, 0.717) is 0 Å². The van der Waals surface area contributed by atoms with Gasteiger partial charge in [-0.15, -0.1) is 0 Å². The van der Waals surface area contributed by atoms with E-state index in [-0.39, 0.29) is 85.0 Å². The summed E-state index contributed by atoms with van der Waals surface area (Å²) < 4.78 is 21.4. The van der Waals surface area contributed by atoms with Crippen LogP contribution in [0, 0.1) is 5.41 Å². The standard InChI is InChI=1S/C16H30N4O8.W/c1-18-13(22)5-26-9-16(8-25-4-12(17)21,10-27-6-14(23)19-2)11-28-7-15(24)20-3;/h4-11H2,1-3H3,(H5,17,18,19,20,21,22,23,24);/p-1. The van der Waals surface area contributed by atoms with Gasteiger partial charge in [0.2, 0.25) is 17.7 Å². The molecule has 0 fully saturated rings. The van der Waals surface area contributed by atoms with Crippen molar-refractivity contribution in [2.24, 2.45) is 5.41 Å². The van der Waals surface area contributed by atoms with Gasteiger partial charge in [0.05, 0.1) is 44.4 Å². The number of rotatable bonds is 16. The van der Waals surface area contributed by atoms with Gasteiger partial charge in [-0.25, -0.2) is 0 Å². The molecule has 0 aromatic carbocycles. The van der Waals surface area contributed by atoms with Gasteiger partial charge in [0.1, 0.15) is 19.8 Å². The van der Waals surface area contributed by atoms with Gasteiger partial charge < -0.3 is 45.4 Å². The van der Waals surface area contributed by atoms with Gasteiger partial charge in [0, 0.05) is 42.2 Å². The van der Waals surface area contributed by atoms with Gasteiger partial charge >= 0.3 is 0 Å². The van der Waals surface area contributed by atoms with E-state index in [9.17, 15) is 19.2 Å². The second kappa shape index (κ2) is 17.3. The summed E-state index contributed by atoms with van der Waals surface area (Å²) in [6, 6.07) is 0. The minimum Gasteiger partial charge on any atom is -0.666 e. The first-order valence-electron chi connectivity index (χ1n) is 8.45. The van der Waals surface area contributed by atoms with Crippen LogP contribution in [0.25, 0.3) is 5.73 Å².